The second-order valence-electron chi connectivity index (χ2n) is 19.7. The Labute approximate surface area is 463 Å². The average Bonchev–Trinajstić information content (AvgIpc) is 4.44. The van der Waals surface area contributed by atoms with Gasteiger partial charge >= 0.3 is 0 Å². The first kappa shape index (κ1) is 45.7. The Morgan fingerprint density at radius 1 is 0.272 bits per heavy atom. The van der Waals surface area contributed by atoms with E-state index in [2.05, 4.69) is 138 Å². The molecule has 9 heterocycles. The molecular formula is C68H43N13. The van der Waals surface area contributed by atoms with Gasteiger partial charge in [-0.3, -0.25) is 18.3 Å². The van der Waals surface area contributed by atoms with Gasteiger partial charge < -0.3 is 4.90 Å². The molecule has 0 spiro atoms. The third-order valence-corrected chi connectivity index (χ3v) is 15.0. The van der Waals surface area contributed by atoms with Gasteiger partial charge in [-0.2, -0.15) is 0 Å². The number of para-hydroxylation sites is 5. The number of aromatic nitrogens is 12. The molecule has 81 heavy (non-hydrogen) atoms. The van der Waals surface area contributed by atoms with Crippen molar-refractivity contribution < 1.29 is 0 Å². The van der Waals surface area contributed by atoms with Crippen molar-refractivity contribution >= 4 is 73.9 Å². The molecule has 0 unspecified atom stereocenters. The minimum atomic E-state index is 0.691. The van der Waals surface area contributed by atoms with Crippen molar-refractivity contribution in [3.8, 4) is 68.3 Å². The van der Waals surface area contributed by atoms with Crippen LogP contribution in [0.5, 0.6) is 0 Å². The van der Waals surface area contributed by atoms with Gasteiger partial charge in [0.05, 0.1) is 11.4 Å². The van der Waals surface area contributed by atoms with E-state index in [-0.39, 0.29) is 0 Å². The van der Waals surface area contributed by atoms with E-state index in [0.717, 1.165) is 124 Å². The summed E-state index contributed by atoms with van der Waals surface area (Å²) in [5, 5.41) is 0. The van der Waals surface area contributed by atoms with Gasteiger partial charge in [-0.05, 0) is 139 Å². The molecule has 13 heteroatoms. The summed E-state index contributed by atoms with van der Waals surface area (Å²) in [6, 6.07) is 76.7. The monoisotopic (exact) mass is 1040 g/mol. The highest BCUT2D eigenvalue weighted by Crippen LogP contribution is 2.51. The van der Waals surface area contributed by atoms with E-state index in [0.29, 0.717) is 17.5 Å². The number of benzene rings is 7. The normalized spacial score (nSPS) is 12.1. The van der Waals surface area contributed by atoms with Gasteiger partial charge in [-0.15, -0.1) is 0 Å². The first-order valence-electron chi connectivity index (χ1n) is 26.7. The Morgan fingerprint density at radius 3 is 1.05 bits per heavy atom. The molecule has 8 aromatic heterocycles. The van der Waals surface area contributed by atoms with Crippen LogP contribution in [-0.2, 0) is 0 Å². The molecule has 13 nitrogen and oxygen atoms in total. The summed E-state index contributed by atoms with van der Waals surface area (Å²) in [6.07, 6.45) is 11.7. The predicted molar refractivity (Wildman–Crippen MR) is 321 cm³/mol. The maximum absolute atomic E-state index is 5.52. The summed E-state index contributed by atoms with van der Waals surface area (Å²) in [6.45, 7) is 0. The molecule has 16 rings (SSSR count). The van der Waals surface area contributed by atoms with Crippen LogP contribution in [0.1, 0.15) is 11.1 Å². The highest BCUT2D eigenvalue weighted by molar-refractivity contribution is 6.03. The number of hydrogen-bond donors (Lipinski definition) is 0. The number of fused-ring (bicyclic) bond motifs is 6. The van der Waals surface area contributed by atoms with Crippen LogP contribution in [0.4, 0.5) is 17.1 Å². The second kappa shape index (κ2) is 18.6. The molecule has 0 radical (unpaired) electrons. The van der Waals surface area contributed by atoms with E-state index in [1.807, 2.05) is 146 Å². The summed E-state index contributed by atoms with van der Waals surface area (Å²) in [5.41, 5.74) is 17.6. The standard InChI is InChI=1S/C68H43N13/c1-6-20-46(21-7-1)77-59-43-54(64-76-58-33-19-39-72-68(58)81(64)50-28-14-5-15-29-50)53(63-75-57-32-18-38-71-67(57)80(63)49-26-12-4-13-27-49)40-44(59)34-35-51-52(62-74-56-31-17-37-70-66(56)79(62)48-24-10-3-11-25-48)41-45(42-60(51)77)61-73-55-30-16-36-69-65(55)78(61)47-22-8-2-9-23-47/h1-43H. The molecule has 0 amide bonds. The smallest absolute Gasteiger partial charge is 0.164 e. The molecule has 0 saturated heterocycles. The van der Waals surface area contributed by atoms with E-state index in [9.17, 15) is 0 Å². The van der Waals surface area contributed by atoms with E-state index in [4.69, 9.17) is 39.9 Å². The van der Waals surface area contributed by atoms with Crippen LogP contribution >= 0.6 is 0 Å². The van der Waals surface area contributed by atoms with E-state index >= 15 is 0 Å². The van der Waals surface area contributed by atoms with E-state index < -0.39 is 0 Å². The molecule has 0 fully saturated rings. The fourth-order valence-electron chi connectivity index (χ4n) is 11.4. The lowest BCUT2D eigenvalue weighted by Gasteiger charge is -2.30. The summed E-state index contributed by atoms with van der Waals surface area (Å²) in [5.74, 6) is 2.83. The van der Waals surface area contributed by atoms with Crippen LogP contribution < -0.4 is 4.90 Å². The van der Waals surface area contributed by atoms with Crippen LogP contribution in [0.2, 0.25) is 0 Å². The van der Waals surface area contributed by atoms with Gasteiger partial charge in [0.15, 0.2) is 22.6 Å². The fourth-order valence-corrected chi connectivity index (χ4v) is 11.4. The fraction of sp³-hybridized carbons (Fsp3) is 0. The zero-order valence-electron chi connectivity index (χ0n) is 43.1. The van der Waals surface area contributed by atoms with Crippen molar-refractivity contribution in [2.24, 2.45) is 0 Å². The highest BCUT2D eigenvalue weighted by atomic mass is 15.2. The average molecular weight is 1040 g/mol. The molecule has 1 aliphatic heterocycles. The molecule has 15 aromatic rings. The largest absolute Gasteiger partial charge is 0.309 e. The Balaban J connectivity index is 1.05. The van der Waals surface area contributed by atoms with Crippen LogP contribution in [0.25, 0.3) is 125 Å². The van der Waals surface area contributed by atoms with Crippen LogP contribution in [-0.4, -0.2) is 58.1 Å². The highest BCUT2D eigenvalue weighted by Gasteiger charge is 2.32. The number of imidazole rings is 4. The van der Waals surface area contributed by atoms with Crippen molar-refractivity contribution in [3.63, 3.8) is 0 Å². The zero-order chi connectivity index (χ0) is 53.4. The van der Waals surface area contributed by atoms with Crippen molar-refractivity contribution in [3.05, 3.63) is 260 Å². The van der Waals surface area contributed by atoms with Gasteiger partial charge in [-0.1, -0.05) is 103 Å². The van der Waals surface area contributed by atoms with Crippen LogP contribution in [0.3, 0.4) is 0 Å². The number of pyridine rings is 4. The van der Waals surface area contributed by atoms with Crippen molar-refractivity contribution in [2.75, 3.05) is 4.90 Å². The van der Waals surface area contributed by atoms with Gasteiger partial charge in [0.1, 0.15) is 45.4 Å². The Hall–Kier alpha value is -11.4. The third-order valence-electron chi connectivity index (χ3n) is 15.0. The van der Waals surface area contributed by atoms with Crippen molar-refractivity contribution in [1.29, 1.82) is 0 Å². The molecule has 1 aliphatic rings. The SMILES string of the molecule is C1=Cc2c(-c3nc4cccnc4n3-c3ccccc3)cc(-c3nc4cccnc4n3-c3ccccc3)cc2N(c2ccccc2)c2cc(-c3nc4cccnc4n3-c3ccccc3)c(-c3nc4cccnc4n3-c3ccccc3)cc21. The van der Waals surface area contributed by atoms with Gasteiger partial charge in [0.25, 0.3) is 0 Å². The summed E-state index contributed by atoms with van der Waals surface area (Å²) < 4.78 is 8.62. The van der Waals surface area contributed by atoms with Crippen molar-refractivity contribution in [1.82, 2.24) is 58.1 Å². The van der Waals surface area contributed by atoms with Gasteiger partial charge in [-0.25, -0.2) is 39.9 Å². The summed E-state index contributed by atoms with van der Waals surface area (Å²) in [4.78, 5) is 44.2. The minimum absolute atomic E-state index is 0.691. The molecular weight excluding hydrogens is 999 g/mol. The maximum atomic E-state index is 5.52. The topological polar surface area (TPSA) is 126 Å². The summed E-state index contributed by atoms with van der Waals surface area (Å²) in [7, 11) is 0. The number of hydrogen-bond acceptors (Lipinski definition) is 9. The minimum Gasteiger partial charge on any atom is -0.309 e. The number of anilines is 3. The first-order chi connectivity index (χ1) is 40.2. The van der Waals surface area contributed by atoms with E-state index in [1.54, 1.807) is 0 Å². The Morgan fingerprint density at radius 2 is 0.630 bits per heavy atom. The third kappa shape index (κ3) is 7.48. The number of rotatable bonds is 9. The molecule has 0 bridgehead atoms. The van der Waals surface area contributed by atoms with Crippen LogP contribution in [0.15, 0.2) is 249 Å². The Bertz CT molecular complexity index is 4930. The molecule has 0 saturated carbocycles. The quantitative estimate of drug-likeness (QED) is 0.139. The van der Waals surface area contributed by atoms with E-state index in [1.165, 1.54) is 0 Å². The van der Waals surface area contributed by atoms with Crippen molar-refractivity contribution in [2.45, 2.75) is 0 Å². The van der Waals surface area contributed by atoms with Gasteiger partial charge in [0, 0.05) is 81.0 Å². The zero-order valence-corrected chi connectivity index (χ0v) is 43.1. The predicted octanol–water partition coefficient (Wildman–Crippen LogP) is 15.2. The van der Waals surface area contributed by atoms with Gasteiger partial charge in [0.2, 0.25) is 0 Å². The number of nitrogens with zero attached hydrogens (tertiary/aromatic N) is 13. The Kier molecular flexibility index (Phi) is 10.5. The second-order valence-corrected chi connectivity index (χ2v) is 19.7. The lowest BCUT2D eigenvalue weighted by Crippen LogP contribution is -2.14. The molecule has 0 aliphatic carbocycles. The maximum Gasteiger partial charge on any atom is 0.164 e. The van der Waals surface area contributed by atoms with Crippen LogP contribution in [0, 0.1) is 0 Å². The molecule has 7 aromatic carbocycles. The molecule has 0 N–H and O–H groups in total. The molecule has 380 valence electrons. The lowest BCUT2D eigenvalue weighted by molar-refractivity contribution is 1.06. The lowest BCUT2D eigenvalue weighted by atomic mass is 9.98. The first-order valence-corrected chi connectivity index (χ1v) is 26.7. The molecule has 0 atom stereocenters. The summed E-state index contributed by atoms with van der Waals surface area (Å²) >= 11 is 0.